The highest BCUT2D eigenvalue weighted by atomic mass is 16.5. The Labute approximate surface area is 112 Å². The Bertz CT molecular complexity index is 470. The van der Waals surface area contributed by atoms with Crippen LogP contribution < -0.4 is 10.1 Å². The lowest BCUT2D eigenvalue weighted by molar-refractivity contribution is -0.138. The third-order valence-corrected chi connectivity index (χ3v) is 3.07. The summed E-state index contributed by atoms with van der Waals surface area (Å²) in [6.07, 6.45) is 0.222. The molecule has 1 aliphatic heterocycles. The van der Waals surface area contributed by atoms with Crippen molar-refractivity contribution in [2.24, 2.45) is 0 Å². The van der Waals surface area contributed by atoms with Crippen LogP contribution in [0, 0.1) is 0 Å². The van der Waals surface area contributed by atoms with E-state index in [4.69, 9.17) is 4.74 Å². The van der Waals surface area contributed by atoms with Crippen molar-refractivity contribution in [3.63, 3.8) is 0 Å². The fourth-order valence-electron chi connectivity index (χ4n) is 2.14. The Morgan fingerprint density at radius 2 is 1.95 bits per heavy atom. The average Bonchev–Trinajstić information content (AvgIpc) is 2.67. The highest BCUT2D eigenvalue weighted by molar-refractivity contribution is 6.06. The van der Waals surface area contributed by atoms with Gasteiger partial charge in [0.2, 0.25) is 5.91 Å². The molecular weight excluding hydrogens is 244 g/mol. The van der Waals surface area contributed by atoms with Gasteiger partial charge in [-0.15, -0.1) is 0 Å². The molecule has 5 nitrogen and oxygen atoms in total. The van der Waals surface area contributed by atoms with E-state index in [1.807, 2.05) is 31.2 Å². The summed E-state index contributed by atoms with van der Waals surface area (Å²) >= 11 is 0. The largest absolute Gasteiger partial charge is 0.494 e. The zero-order valence-electron chi connectivity index (χ0n) is 11.2. The van der Waals surface area contributed by atoms with E-state index in [1.54, 1.807) is 6.92 Å². The topological polar surface area (TPSA) is 58.6 Å². The molecule has 0 spiro atoms. The Kier molecular flexibility index (Phi) is 4.04. The number of imide groups is 1. The number of ether oxygens (including phenoxy) is 1. The van der Waals surface area contributed by atoms with E-state index in [2.05, 4.69) is 5.32 Å². The molecule has 0 bridgehead atoms. The third kappa shape index (κ3) is 2.86. The summed E-state index contributed by atoms with van der Waals surface area (Å²) in [6, 6.07) is 6.91. The molecule has 0 aliphatic carbocycles. The first-order valence-electron chi connectivity index (χ1n) is 6.49. The summed E-state index contributed by atoms with van der Waals surface area (Å²) in [6.45, 7) is 4.77. The number of rotatable bonds is 5. The second-order valence-corrected chi connectivity index (χ2v) is 4.33. The van der Waals surface area contributed by atoms with E-state index < -0.39 is 6.04 Å². The average molecular weight is 262 g/mol. The maximum absolute atomic E-state index is 11.9. The van der Waals surface area contributed by atoms with Gasteiger partial charge in [0.25, 0.3) is 5.91 Å². The predicted molar refractivity (Wildman–Crippen MR) is 72.0 cm³/mol. The van der Waals surface area contributed by atoms with Gasteiger partial charge in [-0.05, 0) is 38.1 Å². The van der Waals surface area contributed by atoms with Gasteiger partial charge in [-0.1, -0.05) is 0 Å². The summed E-state index contributed by atoms with van der Waals surface area (Å²) < 4.78 is 5.35. The van der Waals surface area contributed by atoms with Crippen molar-refractivity contribution in [2.45, 2.75) is 26.3 Å². The molecule has 2 amide bonds. The van der Waals surface area contributed by atoms with Crippen molar-refractivity contribution in [1.29, 1.82) is 0 Å². The summed E-state index contributed by atoms with van der Waals surface area (Å²) in [5.74, 6) is 0.523. The molecule has 1 saturated heterocycles. The van der Waals surface area contributed by atoms with Crippen molar-refractivity contribution < 1.29 is 14.3 Å². The lowest BCUT2D eigenvalue weighted by atomic mass is 10.2. The summed E-state index contributed by atoms with van der Waals surface area (Å²) in [5.41, 5.74) is 0.813. The van der Waals surface area contributed by atoms with Gasteiger partial charge in [0, 0.05) is 12.2 Å². The van der Waals surface area contributed by atoms with E-state index in [0.29, 0.717) is 13.2 Å². The first-order chi connectivity index (χ1) is 9.15. The number of carbonyl (C=O) groups is 2. The number of nitrogens with zero attached hydrogens (tertiary/aromatic N) is 1. The van der Waals surface area contributed by atoms with Crippen molar-refractivity contribution in [3.8, 4) is 5.75 Å². The minimum atomic E-state index is -0.453. The first kappa shape index (κ1) is 13.4. The number of hydrogen-bond donors (Lipinski definition) is 1. The van der Waals surface area contributed by atoms with Gasteiger partial charge in [0.1, 0.15) is 11.8 Å². The smallest absolute Gasteiger partial charge is 0.252 e. The SMILES string of the molecule is CCOc1ccc(NC2CC(=O)N(CC)C2=O)cc1. The van der Waals surface area contributed by atoms with Crippen LogP contribution in [0.5, 0.6) is 5.75 Å². The summed E-state index contributed by atoms with van der Waals surface area (Å²) in [5, 5.41) is 3.09. The van der Waals surface area contributed by atoms with E-state index in [0.717, 1.165) is 11.4 Å². The lowest BCUT2D eigenvalue weighted by Gasteiger charge is -2.14. The minimum absolute atomic E-state index is 0.115. The molecule has 1 aliphatic rings. The fraction of sp³-hybridized carbons (Fsp3) is 0.429. The first-order valence-corrected chi connectivity index (χ1v) is 6.49. The Morgan fingerprint density at radius 3 is 2.47 bits per heavy atom. The predicted octanol–water partition coefficient (Wildman–Crippen LogP) is 1.64. The number of anilines is 1. The van der Waals surface area contributed by atoms with E-state index >= 15 is 0 Å². The maximum Gasteiger partial charge on any atom is 0.252 e. The van der Waals surface area contributed by atoms with Crippen LogP contribution in [0.3, 0.4) is 0 Å². The van der Waals surface area contributed by atoms with Gasteiger partial charge in [-0.3, -0.25) is 14.5 Å². The van der Waals surface area contributed by atoms with Gasteiger partial charge in [0.05, 0.1) is 13.0 Å². The fourth-order valence-corrected chi connectivity index (χ4v) is 2.14. The Hall–Kier alpha value is -2.04. The molecule has 2 rings (SSSR count). The number of likely N-dealkylation sites (tertiary alicyclic amines) is 1. The van der Waals surface area contributed by atoms with E-state index in [1.165, 1.54) is 4.90 Å². The standard InChI is InChI=1S/C14H18N2O3/c1-3-16-13(17)9-12(14(16)18)15-10-5-7-11(8-6-10)19-4-2/h5-8,12,15H,3-4,9H2,1-2H3. The number of amides is 2. The quantitative estimate of drug-likeness (QED) is 0.820. The van der Waals surface area contributed by atoms with Crippen LogP contribution in [0.4, 0.5) is 5.69 Å². The van der Waals surface area contributed by atoms with Gasteiger partial charge in [-0.25, -0.2) is 0 Å². The second-order valence-electron chi connectivity index (χ2n) is 4.33. The molecule has 1 aromatic rings. The number of hydrogen-bond acceptors (Lipinski definition) is 4. The Morgan fingerprint density at radius 1 is 1.26 bits per heavy atom. The molecule has 0 saturated carbocycles. The molecule has 1 atom stereocenters. The van der Waals surface area contributed by atoms with E-state index in [9.17, 15) is 9.59 Å². The molecule has 1 heterocycles. The van der Waals surface area contributed by atoms with Crippen molar-refractivity contribution in [3.05, 3.63) is 24.3 Å². The van der Waals surface area contributed by atoms with Crippen LogP contribution in [0.2, 0.25) is 0 Å². The van der Waals surface area contributed by atoms with Gasteiger partial charge >= 0.3 is 0 Å². The summed E-state index contributed by atoms with van der Waals surface area (Å²) in [7, 11) is 0. The molecule has 1 aromatic carbocycles. The molecule has 0 radical (unpaired) electrons. The number of carbonyl (C=O) groups excluding carboxylic acids is 2. The van der Waals surface area contributed by atoms with Crippen LogP contribution in [-0.4, -0.2) is 35.9 Å². The van der Waals surface area contributed by atoms with Gasteiger partial charge in [0.15, 0.2) is 0 Å². The van der Waals surface area contributed by atoms with E-state index in [-0.39, 0.29) is 18.2 Å². The van der Waals surface area contributed by atoms with Crippen LogP contribution >= 0.6 is 0 Å². The molecule has 5 heteroatoms. The zero-order valence-corrected chi connectivity index (χ0v) is 11.2. The number of likely N-dealkylation sites (N-methyl/N-ethyl adjacent to an activating group) is 1. The van der Waals surface area contributed by atoms with Crippen LogP contribution in [-0.2, 0) is 9.59 Å². The minimum Gasteiger partial charge on any atom is -0.494 e. The highest BCUT2D eigenvalue weighted by Crippen LogP contribution is 2.20. The highest BCUT2D eigenvalue weighted by Gasteiger charge is 2.37. The third-order valence-electron chi connectivity index (χ3n) is 3.07. The number of benzene rings is 1. The molecule has 1 fully saturated rings. The van der Waals surface area contributed by atoms with Crippen LogP contribution in [0.15, 0.2) is 24.3 Å². The maximum atomic E-state index is 11.9. The second kappa shape index (κ2) is 5.73. The van der Waals surface area contributed by atoms with Gasteiger partial charge in [-0.2, -0.15) is 0 Å². The molecule has 0 aromatic heterocycles. The Balaban J connectivity index is 2.02. The molecule has 1 unspecified atom stereocenters. The zero-order chi connectivity index (χ0) is 13.8. The summed E-state index contributed by atoms with van der Waals surface area (Å²) in [4.78, 5) is 24.8. The van der Waals surface area contributed by atoms with Crippen molar-refractivity contribution in [1.82, 2.24) is 4.90 Å². The number of nitrogens with one attached hydrogen (secondary N) is 1. The van der Waals surface area contributed by atoms with Crippen molar-refractivity contribution >= 4 is 17.5 Å². The molecule has 1 N–H and O–H groups in total. The van der Waals surface area contributed by atoms with Crippen LogP contribution in [0.1, 0.15) is 20.3 Å². The molecule has 19 heavy (non-hydrogen) atoms. The lowest BCUT2D eigenvalue weighted by Crippen LogP contribution is -2.34. The van der Waals surface area contributed by atoms with Crippen molar-refractivity contribution in [2.75, 3.05) is 18.5 Å². The molecule has 102 valence electrons. The normalized spacial score (nSPS) is 18.8. The molecular formula is C14H18N2O3. The van der Waals surface area contributed by atoms with Gasteiger partial charge < -0.3 is 10.1 Å². The van der Waals surface area contributed by atoms with Crippen LogP contribution in [0.25, 0.3) is 0 Å². The monoisotopic (exact) mass is 262 g/mol.